The lowest BCUT2D eigenvalue weighted by Crippen LogP contribution is -2.30. The molecule has 35 heavy (non-hydrogen) atoms. The van der Waals surface area contributed by atoms with Crippen LogP contribution in [0, 0.1) is 6.92 Å². The topological polar surface area (TPSA) is 72.1 Å². The van der Waals surface area contributed by atoms with E-state index in [1.807, 2.05) is 37.3 Å². The van der Waals surface area contributed by atoms with Crippen molar-refractivity contribution in [3.05, 3.63) is 113 Å². The van der Waals surface area contributed by atoms with Gasteiger partial charge in [0.2, 0.25) is 10.0 Å². The molecular formula is C27H25ClN2O4S. The van der Waals surface area contributed by atoms with E-state index < -0.39 is 10.0 Å². The lowest BCUT2D eigenvalue weighted by atomic mass is 10.2. The van der Waals surface area contributed by atoms with Crippen LogP contribution >= 0.6 is 11.6 Å². The molecule has 0 aliphatic rings. The van der Waals surface area contributed by atoms with Crippen molar-refractivity contribution in [2.45, 2.75) is 24.9 Å². The van der Waals surface area contributed by atoms with Gasteiger partial charge in [-0.1, -0.05) is 59.6 Å². The fourth-order valence-corrected chi connectivity index (χ4v) is 5.11. The van der Waals surface area contributed by atoms with Gasteiger partial charge in [-0.15, -0.1) is 0 Å². The number of aliphatic imine (C=N–C) groups is 1. The molecule has 0 radical (unpaired) electrons. The third-order valence-electron chi connectivity index (χ3n) is 5.35. The molecule has 0 fully saturated rings. The number of rotatable bonds is 9. The van der Waals surface area contributed by atoms with E-state index in [-0.39, 0.29) is 18.0 Å². The van der Waals surface area contributed by atoms with Gasteiger partial charge in [0.15, 0.2) is 0 Å². The van der Waals surface area contributed by atoms with Crippen molar-refractivity contribution in [3.8, 4) is 5.75 Å². The van der Waals surface area contributed by atoms with E-state index in [0.29, 0.717) is 28.0 Å². The number of sulfonamides is 1. The SMILES string of the molecule is COc1ccc(N=Cc2ccc(CN(Cc3ccccc3)S(=O)(=O)c3ccc(C)cc3)o2)cc1Cl. The Morgan fingerprint density at radius 3 is 2.40 bits per heavy atom. The summed E-state index contributed by atoms with van der Waals surface area (Å²) in [5.74, 6) is 1.57. The number of hydrogen-bond acceptors (Lipinski definition) is 5. The van der Waals surface area contributed by atoms with Crippen LogP contribution in [-0.4, -0.2) is 26.0 Å². The molecule has 3 aromatic carbocycles. The van der Waals surface area contributed by atoms with Crippen LogP contribution in [-0.2, 0) is 23.1 Å². The van der Waals surface area contributed by atoms with Gasteiger partial charge in [-0.25, -0.2) is 8.42 Å². The maximum absolute atomic E-state index is 13.5. The Kier molecular flexibility index (Phi) is 7.70. The first-order valence-corrected chi connectivity index (χ1v) is 12.7. The van der Waals surface area contributed by atoms with E-state index in [1.54, 1.807) is 67.9 Å². The summed E-state index contributed by atoms with van der Waals surface area (Å²) >= 11 is 6.16. The Labute approximate surface area is 210 Å². The van der Waals surface area contributed by atoms with Gasteiger partial charge in [0, 0.05) is 6.54 Å². The summed E-state index contributed by atoms with van der Waals surface area (Å²) in [7, 11) is -2.21. The standard InChI is InChI=1S/C27H25ClN2O4S/c1-20-8-13-25(14-9-20)35(31,32)30(18-21-6-4-3-5-7-21)19-24-12-11-23(34-24)17-29-22-10-15-27(33-2)26(28)16-22/h3-17H,18-19H2,1-2H3. The molecule has 0 aliphatic carbocycles. The first-order valence-electron chi connectivity index (χ1n) is 10.9. The van der Waals surface area contributed by atoms with E-state index in [1.165, 1.54) is 4.31 Å². The normalized spacial score (nSPS) is 11.9. The number of hydrogen-bond donors (Lipinski definition) is 0. The molecule has 0 bridgehead atoms. The summed E-state index contributed by atoms with van der Waals surface area (Å²) < 4.78 is 39.4. The summed E-state index contributed by atoms with van der Waals surface area (Å²) in [4.78, 5) is 4.63. The van der Waals surface area contributed by atoms with Crippen molar-refractivity contribution in [3.63, 3.8) is 0 Å². The molecule has 0 saturated heterocycles. The molecule has 0 atom stereocenters. The second-order valence-corrected chi connectivity index (χ2v) is 10.3. The minimum atomic E-state index is -3.76. The van der Waals surface area contributed by atoms with Crippen LogP contribution in [0.5, 0.6) is 5.75 Å². The van der Waals surface area contributed by atoms with Crippen molar-refractivity contribution >= 4 is 33.5 Å². The van der Waals surface area contributed by atoms with Gasteiger partial charge < -0.3 is 9.15 Å². The summed E-state index contributed by atoms with van der Waals surface area (Å²) in [6.07, 6.45) is 1.57. The van der Waals surface area contributed by atoms with Crippen molar-refractivity contribution in [1.82, 2.24) is 4.31 Å². The van der Waals surface area contributed by atoms with Gasteiger partial charge in [-0.05, 0) is 55.0 Å². The first kappa shape index (κ1) is 24.7. The number of furan rings is 1. The summed E-state index contributed by atoms with van der Waals surface area (Å²) in [5.41, 5.74) is 2.51. The second-order valence-electron chi connectivity index (χ2n) is 7.95. The van der Waals surface area contributed by atoms with Crippen molar-refractivity contribution in [2.75, 3.05) is 7.11 Å². The number of benzene rings is 3. The van der Waals surface area contributed by atoms with Gasteiger partial charge in [0.05, 0.1) is 35.5 Å². The molecule has 4 rings (SSSR count). The summed E-state index contributed by atoms with van der Waals surface area (Å²) in [6, 6.07) is 25.0. The zero-order valence-electron chi connectivity index (χ0n) is 19.4. The molecule has 8 heteroatoms. The molecule has 0 N–H and O–H groups in total. The largest absolute Gasteiger partial charge is 0.495 e. The molecule has 0 aliphatic heterocycles. The lowest BCUT2D eigenvalue weighted by Gasteiger charge is -2.21. The lowest BCUT2D eigenvalue weighted by molar-refractivity contribution is 0.357. The zero-order chi connectivity index (χ0) is 24.8. The predicted molar refractivity (Wildman–Crippen MR) is 138 cm³/mol. The van der Waals surface area contributed by atoms with Gasteiger partial charge >= 0.3 is 0 Å². The number of methoxy groups -OCH3 is 1. The maximum atomic E-state index is 13.5. The van der Waals surface area contributed by atoms with Crippen LogP contribution in [0.1, 0.15) is 22.6 Å². The Hall–Kier alpha value is -3.39. The second kappa shape index (κ2) is 10.9. The van der Waals surface area contributed by atoms with Gasteiger partial charge in [0.1, 0.15) is 17.3 Å². The van der Waals surface area contributed by atoms with E-state index in [2.05, 4.69) is 4.99 Å². The molecule has 0 unspecified atom stereocenters. The smallest absolute Gasteiger partial charge is 0.243 e. The highest BCUT2D eigenvalue weighted by atomic mass is 35.5. The van der Waals surface area contributed by atoms with E-state index in [4.69, 9.17) is 20.8 Å². The Morgan fingerprint density at radius 1 is 0.971 bits per heavy atom. The van der Waals surface area contributed by atoms with Crippen LogP contribution in [0.3, 0.4) is 0 Å². The monoisotopic (exact) mass is 508 g/mol. The third kappa shape index (κ3) is 6.19. The molecule has 0 saturated carbocycles. The highest BCUT2D eigenvalue weighted by Crippen LogP contribution is 2.28. The van der Waals surface area contributed by atoms with E-state index in [9.17, 15) is 8.42 Å². The number of nitrogens with zero attached hydrogens (tertiary/aromatic N) is 2. The van der Waals surface area contributed by atoms with Crippen molar-refractivity contribution < 1.29 is 17.6 Å². The van der Waals surface area contributed by atoms with Crippen LogP contribution in [0.15, 0.2) is 99.2 Å². The van der Waals surface area contributed by atoms with Crippen LogP contribution in [0.25, 0.3) is 0 Å². The fourth-order valence-electron chi connectivity index (χ4n) is 3.47. The Morgan fingerprint density at radius 2 is 1.71 bits per heavy atom. The fraction of sp³-hybridized carbons (Fsp3) is 0.148. The quantitative estimate of drug-likeness (QED) is 0.245. The molecule has 1 heterocycles. The van der Waals surface area contributed by atoms with Crippen LogP contribution in [0.4, 0.5) is 5.69 Å². The highest BCUT2D eigenvalue weighted by molar-refractivity contribution is 7.89. The molecule has 0 spiro atoms. The third-order valence-corrected chi connectivity index (χ3v) is 7.45. The highest BCUT2D eigenvalue weighted by Gasteiger charge is 2.26. The molecular weight excluding hydrogens is 484 g/mol. The van der Waals surface area contributed by atoms with Gasteiger partial charge in [0.25, 0.3) is 0 Å². The van der Waals surface area contributed by atoms with Crippen LogP contribution in [0.2, 0.25) is 5.02 Å². The number of aryl methyl sites for hydroxylation is 1. The maximum Gasteiger partial charge on any atom is 0.243 e. The minimum Gasteiger partial charge on any atom is -0.495 e. The average Bonchev–Trinajstić information content (AvgIpc) is 3.31. The molecule has 6 nitrogen and oxygen atoms in total. The van der Waals surface area contributed by atoms with Gasteiger partial charge in [-0.2, -0.15) is 4.31 Å². The Bertz CT molecular complexity index is 1420. The van der Waals surface area contributed by atoms with E-state index >= 15 is 0 Å². The molecule has 0 amide bonds. The number of ether oxygens (including phenoxy) is 1. The van der Waals surface area contributed by atoms with E-state index in [0.717, 1.165) is 11.1 Å². The number of halogens is 1. The average molecular weight is 509 g/mol. The summed E-state index contributed by atoms with van der Waals surface area (Å²) in [5, 5.41) is 0.458. The molecule has 4 aromatic rings. The molecule has 1 aromatic heterocycles. The molecule has 180 valence electrons. The van der Waals surface area contributed by atoms with Crippen molar-refractivity contribution in [2.24, 2.45) is 4.99 Å². The minimum absolute atomic E-state index is 0.0767. The zero-order valence-corrected chi connectivity index (χ0v) is 21.0. The Balaban J connectivity index is 1.56. The van der Waals surface area contributed by atoms with Gasteiger partial charge in [-0.3, -0.25) is 4.99 Å². The van der Waals surface area contributed by atoms with Crippen LogP contribution < -0.4 is 4.74 Å². The predicted octanol–water partition coefficient (Wildman–Crippen LogP) is 6.39. The first-order chi connectivity index (χ1) is 16.8. The van der Waals surface area contributed by atoms with Crippen molar-refractivity contribution in [1.29, 1.82) is 0 Å². The summed E-state index contributed by atoms with van der Waals surface area (Å²) in [6.45, 7) is 2.21.